The molecule has 34 heavy (non-hydrogen) atoms. The number of thiocarbonyl (C=S) groups is 1. The van der Waals surface area contributed by atoms with Gasteiger partial charge in [-0.1, -0.05) is 60.1 Å². The van der Waals surface area contributed by atoms with Gasteiger partial charge in [-0.05, 0) is 71.9 Å². The van der Waals surface area contributed by atoms with Crippen LogP contribution in [0.15, 0.2) is 101 Å². The van der Waals surface area contributed by atoms with Crippen LogP contribution in [0.25, 0.3) is 33.7 Å². The molecular weight excluding hydrogens is 466 g/mol. The number of hydrogen-bond donors (Lipinski definition) is 2. The van der Waals surface area contributed by atoms with Gasteiger partial charge in [-0.15, -0.1) is 0 Å². The molecule has 0 fully saturated rings. The molecule has 0 unspecified atom stereocenters. The normalized spacial score (nSPS) is 10.7. The number of carbonyl (C=O) groups is 1. The van der Waals surface area contributed by atoms with Crippen molar-refractivity contribution in [3.05, 3.63) is 108 Å². The van der Waals surface area contributed by atoms with Gasteiger partial charge in [-0.3, -0.25) is 10.1 Å². The summed E-state index contributed by atoms with van der Waals surface area (Å²) in [4.78, 5) is 17.0. The van der Waals surface area contributed by atoms with Gasteiger partial charge in [0.15, 0.2) is 10.7 Å². The number of hydrogen-bond acceptors (Lipinski definition) is 4. The molecule has 0 atom stereocenters. The van der Waals surface area contributed by atoms with Crippen molar-refractivity contribution >= 4 is 51.6 Å². The molecule has 5 rings (SSSR count). The number of oxazole rings is 1. The van der Waals surface area contributed by atoms with Gasteiger partial charge in [0.05, 0.1) is 0 Å². The summed E-state index contributed by atoms with van der Waals surface area (Å²) >= 11 is 11.2. The molecule has 1 heterocycles. The largest absolute Gasteiger partial charge is 0.436 e. The maximum atomic E-state index is 12.4. The zero-order valence-corrected chi connectivity index (χ0v) is 19.4. The van der Waals surface area contributed by atoms with Crippen molar-refractivity contribution in [1.29, 1.82) is 0 Å². The Hall–Kier alpha value is -4.00. The Morgan fingerprint density at radius 1 is 0.824 bits per heavy atom. The second-order valence-corrected chi connectivity index (χ2v) is 8.41. The molecule has 0 aliphatic rings. The van der Waals surface area contributed by atoms with Crippen LogP contribution in [0, 0.1) is 0 Å². The second-order valence-electron chi connectivity index (χ2n) is 7.56. The van der Waals surface area contributed by atoms with Crippen LogP contribution in [0.5, 0.6) is 0 Å². The molecule has 0 saturated carbocycles. The first-order chi connectivity index (χ1) is 16.5. The van der Waals surface area contributed by atoms with Crippen molar-refractivity contribution in [2.75, 3.05) is 5.32 Å². The number of nitrogens with one attached hydrogen (secondary N) is 2. The van der Waals surface area contributed by atoms with E-state index in [0.29, 0.717) is 33.3 Å². The standard InChI is InChI=1S/C27H18ClN3O2S/c28-21-8-4-7-20(15-21)25(32)31-27(34)29-22-13-14-24-23(16-22)30-26(33-24)19-11-9-18(10-12-19)17-5-2-1-3-6-17/h1-16H,(H2,29,31,32,34). The van der Waals surface area contributed by atoms with E-state index in [4.69, 9.17) is 28.2 Å². The molecule has 166 valence electrons. The number of fused-ring (bicyclic) bond motifs is 1. The van der Waals surface area contributed by atoms with Gasteiger partial charge < -0.3 is 9.73 Å². The summed E-state index contributed by atoms with van der Waals surface area (Å²) in [5, 5.41) is 6.31. The molecule has 1 amide bonds. The predicted octanol–water partition coefficient (Wildman–Crippen LogP) is 6.94. The third kappa shape index (κ3) is 4.83. The fourth-order valence-corrected chi connectivity index (χ4v) is 3.93. The zero-order valence-electron chi connectivity index (χ0n) is 17.8. The summed E-state index contributed by atoms with van der Waals surface area (Å²) in [7, 11) is 0. The quantitative estimate of drug-likeness (QED) is 0.271. The molecule has 1 aromatic heterocycles. The Bertz CT molecular complexity index is 1500. The van der Waals surface area contributed by atoms with E-state index in [-0.39, 0.29) is 11.0 Å². The fraction of sp³-hybridized carbons (Fsp3) is 0. The smallest absolute Gasteiger partial charge is 0.257 e. The Morgan fingerprint density at radius 3 is 2.32 bits per heavy atom. The average Bonchev–Trinajstić information content (AvgIpc) is 3.28. The molecule has 0 spiro atoms. The van der Waals surface area contributed by atoms with Gasteiger partial charge in [0, 0.05) is 21.8 Å². The van der Waals surface area contributed by atoms with Crippen LogP contribution in [-0.4, -0.2) is 16.0 Å². The van der Waals surface area contributed by atoms with Crippen LogP contribution in [0.4, 0.5) is 5.69 Å². The minimum Gasteiger partial charge on any atom is -0.436 e. The summed E-state index contributed by atoms with van der Waals surface area (Å²) in [6.07, 6.45) is 0. The Morgan fingerprint density at radius 2 is 1.56 bits per heavy atom. The number of amides is 1. The third-order valence-electron chi connectivity index (χ3n) is 5.20. The van der Waals surface area contributed by atoms with E-state index >= 15 is 0 Å². The minimum atomic E-state index is -0.344. The Labute approximate surface area is 206 Å². The number of carbonyl (C=O) groups excluding carboxylic acids is 1. The first kappa shape index (κ1) is 21.8. The van der Waals surface area contributed by atoms with Gasteiger partial charge >= 0.3 is 0 Å². The number of aromatic nitrogens is 1. The van der Waals surface area contributed by atoms with E-state index in [1.165, 1.54) is 0 Å². The van der Waals surface area contributed by atoms with E-state index < -0.39 is 0 Å². The third-order valence-corrected chi connectivity index (χ3v) is 5.64. The summed E-state index contributed by atoms with van der Waals surface area (Å²) in [5.74, 6) is 0.187. The highest BCUT2D eigenvalue weighted by Gasteiger charge is 2.12. The number of anilines is 1. The molecule has 7 heteroatoms. The van der Waals surface area contributed by atoms with Crippen LogP contribution < -0.4 is 10.6 Å². The maximum absolute atomic E-state index is 12.4. The lowest BCUT2D eigenvalue weighted by molar-refractivity contribution is 0.0977. The summed E-state index contributed by atoms with van der Waals surface area (Å²) in [6, 6.07) is 30.4. The van der Waals surface area contributed by atoms with Crippen molar-refractivity contribution in [3.63, 3.8) is 0 Å². The second kappa shape index (κ2) is 9.47. The molecule has 0 radical (unpaired) electrons. The fourth-order valence-electron chi connectivity index (χ4n) is 3.53. The lowest BCUT2D eigenvalue weighted by atomic mass is 10.0. The number of rotatable bonds is 4. The molecular formula is C27H18ClN3O2S. The van der Waals surface area contributed by atoms with E-state index in [0.717, 1.165) is 16.7 Å². The van der Waals surface area contributed by atoms with E-state index in [1.807, 2.05) is 60.7 Å². The van der Waals surface area contributed by atoms with Crippen molar-refractivity contribution in [2.45, 2.75) is 0 Å². The van der Waals surface area contributed by atoms with Crippen LogP contribution in [-0.2, 0) is 0 Å². The highest BCUT2D eigenvalue weighted by atomic mass is 35.5. The van der Waals surface area contributed by atoms with Crippen LogP contribution >= 0.6 is 23.8 Å². The molecule has 0 saturated heterocycles. The Balaban J connectivity index is 1.30. The molecule has 0 aliphatic carbocycles. The van der Waals surface area contributed by atoms with Crippen molar-refractivity contribution in [2.24, 2.45) is 0 Å². The molecule has 5 aromatic rings. The number of benzene rings is 4. The molecule has 4 aromatic carbocycles. The lowest BCUT2D eigenvalue weighted by Crippen LogP contribution is -2.34. The van der Waals surface area contributed by atoms with Gasteiger partial charge in [-0.25, -0.2) is 4.98 Å². The van der Waals surface area contributed by atoms with Gasteiger partial charge in [0.1, 0.15) is 5.52 Å². The minimum absolute atomic E-state index is 0.171. The van der Waals surface area contributed by atoms with Gasteiger partial charge in [0.25, 0.3) is 5.91 Å². The van der Waals surface area contributed by atoms with E-state index in [9.17, 15) is 4.79 Å². The van der Waals surface area contributed by atoms with Gasteiger partial charge in [0.2, 0.25) is 5.89 Å². The monoisotopic (exact) mass is 483 g/mol. The molecule has 0 bridgehead atoms. The summed E-state index contributed by atoms with van der Waals surface area (Å²) in [6.45, 7) is 0. The van der Waals surface area contributed by atoms with Crippen LogP contribution in [0.3, 0.4) is 0 Å². The highest BCUT2D eigenvalue weighted by molar-refractivity contribution is 7.80. The molecule has 0 aliphatic heterocycles. The first-order valence-electron chi connectivity index (χ1n) is 10.5. The van der Waals surface area contributed by atoms with Crippen molar-refractivity contribution < 1.29 is 9.21 Å². The summed E-state index contributed by atoms with van der Waals surface area (Å²) < 4.78 is 5.94. The van der Waals surface area contributed by atoms with Crippen molar-refractivity contribution in [3.8, 4) is 22.6 Å². The van der Waals surface area contributed by atoms with Crippen molar-refractivity contribution in [1.82, 2.24) is 10.3 Å². The summed E-state index contributed by atoms with van der Waals surface area (Å²) in [5.41, 5.74) is 5.60. The first-order valence-corrected chi connectivity index (χ1v) is 11.3. The van der Waals surface area contributed by atoms with E-state index in [2.05, 4.69) is 27.8 Å². The predicted molar refractivity (Wildman–Crippen MR) is 140 cm³/mol. The van der Waals surface area contributed by atoms with Crippen LogP contribution in [0.1, 0.15) is 10.4 Å². The topological polar surface area (TPSA) is 67.2 Å². The SMILES string of the molecule is O=C(NC(=S)Nc1ccc2oc(-c3ccc(-c4ccccc4)cc3)nc2c1)c1cccc(Cl)c1. The molecule has 2 N–H and O–H groups in total. The Kier molecular flexibility index (Phi) is 6.08. The maximum Gasteiger partial charge on any atom is 0.257 e. The van der Waals surface area contributed by atoms with Crippen LogP contribution in [0.2, 0.25) is 5.02 Å². The van der Waals surface area contributed by atoms with Gasteiger partial charge in [-0.2, -0.15) is 0 Å². The molecule has 5 nitrogen and oxygen atoms in total. The highest BCUT2D eigenvalue weighted by Crippen LogP contribution is 2.28. The van der Waals surface area contributed by atoms with E-state index in [1.54, 1.807) is 24.3 Å². The zero-order chi connectivity index (χ0) is 23.5. The number of nitrogens with zero attached hydrogens (tertiary/aromatic N) is 1. The number of halogens is 1. The lowest BCUT2D eigenvalue weighted by Gasteiger charge is -2.09. The average molecular weight is 484 g/mol.